The van der Waals surface area contributed by atoms with Crippen LogP contribution >= 0.6 is 0 Å². The third kappa shape index (κ3) is 2.70. The molecule has 1 aromatic carbocycles. The molecule has 0 heterocycles. The van der Waals surface area contributed by atoms with Gasteiger partial charge in [-0.15, -0.1) is 0 Å². The van der Waals surface area contributed by atoms with Crippen LogP contribution in [0.2, 0.25) is 0 Å². The minimum absolute atomic E-state index is 0.232. The summed E-state index contributed by atoms with van der Waals surface area (Å²) < 4.78 is 12.1. The molecule has 0 radical (unpaired) electrons. The third-order valence-corrected chi connectivity index (χ3v) is 2.01. The first-order valence-electron chi connectivity index (χ1n) is 4.23. The van der Waals surface area contributed by atoms with Gasteiger partial charge in [0.25, 0.3) is 0 Å². The first-order valence-corrected chi connectivity index (χ1v) is 4.23. The van der Waals surface area contributed by atoms with Gasteiger partial charge in [0.1, 0.15) is 12.4 Å². The van der Waals surface area contributed by atoms with Crippen molar-refractivity contribution in [2.75, 3.05) is 6.67 Å². The first-order chi connectivity index (χ1) is 6.13. The Morgan fingerprint density at radius 1 is 1.54 bits per heavy atom. The summed E-state index contributed by atoms with van der Waals surface area (Å²) in [7, 11) is 0. The van der Waals surface area contributed by atoms with Crippen LogP contribution in [0.3, 0.4) is 0 Å². The Hall–Kier alpha value is -1.09. The van der Waals surface area contributed by atoms with E-state index in [1.165, 1.54) is 0 Å². The lowest BCUT2D eigenvalue weighted by Gasteiger charge is -2.09. The lowest BCUT2D eigenvalue weighted by atomic mass is 10.0. The number of rotatable bonds is 3. The zero-order chi connectivity index (χ0) is 9.84. The molecule has 2 nitrogen and oxygen atoms in total. The zero-order valence-electron chi connectivity index (χ0n) is 7.63. The Morgan fingerprint density at radius 3 is 2.77 bits per heavy atom. The van der Waals surface area contributed by atoms with Crippen LogP contribution in [0.4, 0.5) is 4.39 Å². The second kappa shape index (κ2) is 4.23. The SMILES string of the molecule is Cc1cc(O)ccc1CC(N)CF. The van der Waals surface area contributed by atoms with Gasteiger partial charge in [-0.05, 0) is 36.6 Å². The quantitative estimate of drug-likeness (QED) is 0.746. The van der Waals surface area contributed by atoms with Gasteiger partial charge in [-0.2, -0.15) is 0 Å². The van der Waals surface area contributed by atoms with Crippen LogP contribution in [0.1, 0.15) is 11.1 Å². The summed E-state index contributed by atoms with van der Waals surface area (Å²) in [5, 5.41) is 9.12. The maximum atomic E-state index is 12.1. The zero-order valence-corrected chi connectivity index (χ0v) is 7.63. The van der Waals surface area contributed by atoms with Crippen LogP contribution in [0.5, 0.6) is 5.75 Å². The third-order valence-electron chi connectivity index (χ3n) is 2.01. The number of nitrogens with two attached hydrogens (primary N) is 1. The van der Waals surface area contributed by atoms with E-state index in [2.05, 4.69) is 0 Å². The van der Waals surface area contributed by atoms with Gasteiger partial charge >= 0.3 is 0 Å². The van der Waals surface area contributed by atoms with E-state index < -0.39 is 12.7 Å². The van der Waals surface area contributed by atoms with Gasteiger partial charge in [0.2, 0.25) is 0 Å². The van der Waals surface area contributed by atoms with Gasteiger partial charge < -0.3 is 10.8 Å². The molecule has 1 atom stereocenters. The van der Waals surface area contributed by atoms with Crippen molar-refractivity contribution < 1.29 is 9.50 Å². The molecule has 3 heteroatoms. The van der Waals surface area contributed by atoms with E-state index in [0.717, 1.165) is 11.1 Å². The van der Waals surface area contributed by atoms with Crippen molar-refractivity contribution in [1.29, 1.82) is 0 Å². The van der Waals surface area contributed by atoms with E-state index in [1.54, 1.807) is 18.2 Å². The fraction of sp³-hybridized carbons (Fsp3) is 0.400. The van der Waals surface area contributed by atoms with E-state index in [4.69, 9.17) is 10.8 Å². The number of hydrogen-bond acceptors (Lipinski definition) is 2. The smallest absolute Gasteiger partial charge is 0.115 e. The molecule has 0 fully saturated rings. The maximum Gasteiger partial charge on any atom is 0.115 e. The molecule has 72 valence electrons. The standard InChI is InChI=1S/C10H14FNO/c1-7-4-10(13)3-2-8(7)5-9(12)6-11/h2-4,9,13H,5-6,12H2,1H3. The number of aryl methyl sites for hydroxylation is 1. The van der Waals surface area contributed by atoms with Crippen molar-refractivity contribution in [3.63, 3.8) is 0 Å². The lowest BCUT2D eigenvalue weighted by molar-refractivity contribution is 0.426. The van der Waals surface area contributed by atoms with Crippen LogP contribution in [0.25, 0.3) is 0 Å². The number of phenolic OH excluding ortho intramolecular Hbond substituents is 1. The fourth-order valence-electron chi connectivity index (χ4n) is 1.25. The molecule has 0 saturated heterocycles. The predicted octanol–water partition coefficient (Wildman–Crippen LogP) is 1.54. The highest BCUT2D eigenvalue weighted by Gasteiger charge is 2.05. The monoisotopic (exact) mass is 183 g/mol. The number of alkyl halides is 1. The lowest BCUT2D eigenvalue weighted by Crippen LogP contribution is -2.25. The van der Waals surface area contributed by atoms with Gasteiger partial charge in [-0.25, -0.2) is 4.39 Å². The van der Waals surface area contributed by atoms with Gasteiger partial charge in [-0.3, -0.25) is 0 Å². The summed E-state index contributed by atoms with van der Waals surface area (Å²) >= 11 is 0. The predicted molar refractivity (Wildman–Crippen MR) is 50.5 cm³/mol. The highest BCUT2D eigenvalue weighted by Crippen LogP contribution is 2.16. The molecule has 0 amide bonds. The first kappa shape index (κ1) is 9.99. The van der Waals surface area contributed by atoms with E-state index >= 15 is 0 Å². The summed E-state index contributed by atoms with van der Waals surface area (Å²) in [6, 6.07) is 4.58. The summed E-state index contributed by atoms with van der Waals surface area (Å²) in [5.74, 6) is 0.232. The molecule has 0 bridgehead atoms. The Morgan fingerprint density at radius 2 is 2.23 bits per heavy atom. The average Bonchev–Trinajstić information content (AvgIpc) is 2.09. The van der Waals surface area contributed by atoms with E-state index in [1.807, 2.05) is 6.92 Å². The molecule has 0 saturated carbocycles. The largest absolute Gasteiger partial charge is 0.508 e. The molecule has 1 rings (SSSR count). The molecule has 0 aromatic heterocycles. The Bertz CT molecular complexity index is 288. The van der Waals surface area contributed by atoms with Crippen molar-refractivity contribution in [3.05, 3.63) is 29.3 Å². The normalized spacial score (nSPS) is 12.8. The summed E-state index contributed by atoms with van der Waals surface area (Å²) in [6.45, 7) is 1.36. The van der Waals surface area contributed by atoms with Gasteiger partial charge in [0.15, 0.2) is 0 Å². The highest BCUT2D eigenvalue weighted by molar-refractivity contribution is 5.34. The van der Waals surface area contributed by atoms with E-state index in [9.17, 15) is 4.39 Å². The van der Waals surface area contributed by atoms with Crippen LogP contribution in [-0.4, -0.2) is 17.8 Å². The molecule has 0 aliphatic heterocycles. The van der Waals surface area contributed by atoms with Crippen molar-refractivity contribution in [2.24, 2.45) is 5.73 Å². The Balaban J connectivity index is 2.77. The van der Waals surface area contributed by atoms with Gasteiger partial charge in [-0.1, -0.05) is 6.07 Å². The number of halogens is 1. The second-order valence-electron chi connectivity index (χ2n) is 3.23. The van der Waals surface area contributed by atoms with Crippen molar-refractivity contribution >= 4 is 0 Å². The van der Waals surface area contributed by atoms with Crippen LogP contribution < -0.4 is 5.73 Å². The number of phenols is 1. The molecule has 3 N–H and O–H groups in total. The molecule has 0 spiro atoms. The van der Waals surface area contributed by atoms with Crippen LogP contribution in [0.15, 0.2) is 18.2 Å². The minimum atomic E-state index is -0.514. The minimum Gasteiger partial charge on any atom is -0.508 e. The molecule has 0 aliphatic carbocycles. The second-order valence-corrected chi connectivity index (χ2v) is 3.23. The Labute approximate surface area is 77.2 Å². The van der Waals surface area contributed by atoms with Gasteiger partial charge in [0, 0.05) is 6.04 Å². The topological polar surface area (TPSA) is 46.2 Å². The number of aromatic hydroxyl groups is 1. The highest BCUT2D eigenvalue weighted by atomic mass is 19.1. The van der Waals surface area contributed by atoms with Crippen molar-refractivity contribution in [2.45, 2.75) is 19.4 Å². The van der Waals surface area contributed by atoms with E-state index in [-0.39, 0.29) is 5.75 Å². The summed E-state index contributed by atoms with van der Waals surface area (Å²) in [6.07, 6.45) is 0.516. The molecule has 0 aliphatic rings. The number of hydrogen-bond donors (Lipinski definition) is 2. The summed E-state index contributed by atoms with van der Waals surface area (Å²) in [5.41, 5.74) is 7.41. The molecule has 1 aromatic rings. The maximum absolute atomic E-state index is 12.1. The fourth-order valence-corrected chi connectivity index (χ4v) is 1.25. The molecule has 13 heavy (non-hydrogen) atoms. The van der Waals surface area contributed by atoms with Crippen LogP contribution in [-0.2, 0) is 6.42 Å². The molecule has 1 unspecified atom stereocenters. The Kier molecular flexibility index (Phi) is 3.25. The summed E-state index contributed by atoms with van der Waals surface area (Å²) in [4.78, 5) is 0. The average molecular weight is 183 g/mol. The van der Waals surface area contributed by atoms with E-state index in [0.29, 0.717) is 6.42 Å². The van der Waals surface area contributed by atoms with Crippen molar-refractivity contribution in [1.82, 2.24) is 0 Å². The van der Waals surface area contributed by atoms with Gasteiger partial charge in [0.05, 0.1) is 0 Å². The van der Waals surface area contributed by atoms with Crippen molar-refractivity contribution in [3.8, 4) is 5.75 Å². The molecular formula is C10H14FNO. The molecular weight excluding hydrogens is 169 g/mol. The van der Waals surface area contributed by atoms with Crippen LogP contribution in [0, 0.1) is 6.92 Å². The number of benzene rings is 1.